The summed E-state index contributed by atoms with van der Waals surface area (Å²) in [7, 11) is 0. The summed E-state index contributed by atoms with van der Waals surface area (Å²) in [4.78, 5) is 11.3. The number of rotatable bonds is 2. The van der Waals surface area contributed by atoms with Gasteiger partial charge in [0, 0.05) is 25.5 Å². The summed E-state index contributed by atoms with van der Waals surface area (Å²) in [5.41, 5.74) is 3.72. The molecule has 0 amide bonds. The minimum atomic E-state index is 0.921. The summed E-state index contributed by atoms with van der Waals surface area (Å²) < 4.78 is 1.26. The zero-order valence-electron chi connectivity index (χ0n) is 11.6. The molecule has 21 heavy (non-hydrogen) atoms. The molecule has 3 nitrogen and oxygen atoms in total. The van der Waals surface area contributed by atoms with Gasteiger partial charge in [0.2, 0.25) is 0 Å². The van der Waals surface area contributed by atoms with Crippen LogP contribution in [-0.2, 0) is 0 Å². The van der Waals surface area contributed by atoms with E-state index in [0.717, 1.165) is 30.2 Å². The van der Waals surface area contributed by atoms with Crippen LogP contribution in [-0.4, -0.2) is 23.1 Å². The molecule has 0 saturated carbocycles. The lowest BCUT2D eigenvalue weighted by molar-refractivity contribution is 0.829. The molecule has 0 unspecified atom stereocenters. The highest BCUT2D eigenvalue weighted by molar-refractivity contribution is 7.22. The minimum Gasteiger partial charge on any atom is -0.344 e. The van der Waals surface area contributed by atoms with Gasteiger partial charge in [0.25, 0.3) is 0 Å². The SMILES string of the molecule is C1=C(c2cccnc2)CCN(c2nc3ccccc3s2)C1. The van der Waals surface area contributed by atoms with Gasteiger partial charge in [-0.15, -0.1) is 0 Å². The van der Waals surface area contributed by atoms with Crippen LogP contribution in [0.3, 0.4) is 0 Å². The molecular weight excluding hydrogens is 278 g/mol. The van der Waals surface area contributed by atoms with E-state index in [1.165, 1.54) is 15.8 Å². The summed E-state index contributed by atoms with van der Waals surface area (Å²) in [6, 6.07) is 12.5. The van der Waals surface area contributed by atoms with Crippen molar-refractivity contribution in [3.05, 3.63) is 60.4 Å². The molecule has 0 atom stereocenters. The topological polar surface area (TPSA) is 29.0 Å². The molecule has 1 aromatic carbocycles. The molecule has 0 saturated heterocycles. The smallest absolute Gasteiger partial charge is 0.186 e. The van der Waals surface area contributed by atoms with E-state index < -0.39 is 0 Å². The molecule has 4 rings (SSSR count). The van der Waals surface area contributed by atoms with Crippen molar-refractivity contribution in [3.63, 3.8) is 0 Å². The first-order chi connectivity index (χ1) is 10.4. The predicted octanol–water partition coefficient (Wildman–Crippen LogP) is 3.99. The van der Waals surface area contributed by atoms with Crippen LogP contribution < -0.4 is 4.90 Å². The van der Waals surface area contributed by atoms with Gasteiger partial charge >= 0.3 is 0 Å². The van der Waals surface area contributed by atoms with E-state index >= 15 is 0 Å². The summed E-state index contributed by atoms with van der Waals surface area (Å²) >= 11 is 1.77. The summed E-state index contributed by atoms with van der Waals surface area (Å²) in [5, 5.41) is 1.12. The number of fused-ring (bicyclic) bond motifs is 1. The first kappa shape index (κ1) is 12.5. The van der Waals surface area contributed by atoms with Crippen LogP contribution in [0.4, 0.5) is 5.13 Å². The van der Waals surface area contributed by atoms with Crippen molar-refractivity contribution in [2.45, 2.75) is 6.42 Å². The summed E-state index contributed by atoms with van der Waals surface area (Å²) in [6.07, 6.45) is 7.10. The largest absolute Gasteiger partial charge is 0.344 e. The van der Waals surface area contributed by atoms with E-state index in [9.17, 15) is 0 Å². The normalized spacial score (nSPS) is 15.2. The van der Waals surface area contributed by atoms with Crippen LogP contribution in [0.5, 0.6) is 0 Å². The van der Waals surface area contributed by atoms with Crippen molar-refractivity contribution < 1.29 is 0 Å². The van der Waals surface area contributed by atoms with Crippen molar-refractivity contribution in [1.82, 2.24) is 9.97 Å². The molecule has 3 aromatic rings. The van der Waals surface area contributed by atoms with Crippen LogP contribution in [0.1, 0.15) is 12.0 Å². The van der Waals surface area contributed by atoms with Crippen LogP contribution in [0.25, 0.3) is 15.8 Å². The van der Waals surface area contributed by atoms with E-state index in [4.69, 9.17) is 4.98 Å². The fraction of sp³-hybridized carbons (Fsp3) is 0.176. The second kappa shape index (κ2) is 5.30. The van der Waals surface area contributed by atoms with Crippen LogP contribution >= 0.6 is 11.3 Å². The number of nitrogens with zero attached hydrogens (tertiary/aromatic N) is 3. The van der Waals surface area contributed by atoms with Crippen LogP contribution in [0.2, 0.25) is 0 Å². The van der Waals surface area contributed by atoms with Gasteiger partial charge in [-0.1, -0.05) is 35.6 Å². The molecule has 104 valence electrons. The zero-order valence-corrected chi connectivity index (χ0v) is 12.4. The lowest BCUT2D eigenvalue weighted by atomic mass is 10.0. The van der Waals surface area contributed by atoms with Crippen molar-refractivity contribution in [2.24, 2.45) is 0 Å². The van der Waals surface area contributed by atoms with Crippen LogP contribution in [0, 0.1) is 0 Å². The molecule has 4 heteroatoms. The number of para-hydroxylation sites is 1. The quantitative estimate of drug-likeness (QED) is 0.715. The zero-order chi connectivity index (χ0) is 14.1. The maximum Gasteiger partial charge on any atom is 0.186 e. The number of benzene rings is 1. The molecule has 0 fully saturated rings. The fourth-order valence-electron chi connectivity index (χ4n) is 2.65. The molecule has 2 aromatic heterocycles. The van der Waals surface area contributed by atoms with Crippen molar-refractivity contribution in [3.8, 4) is 0 Å². The second-order valence-electron chi connectivity index (χ2n) is 5.13. The van der Waals surface area contributed by atoms with Crippen LogP contribution in [0.15, 0.2) is 54.9 Å². The maximum absolute atomic E-state index is 4.74. The highest BCUT2D eigenvalue weighted by atomic mass is 32.1. The molecule has 3 heterocycles. The Bertz CT molecular complexity index is 759. The molecule has 0 bridgehead atoms. The van der Waals surface area contributed by atoms with Gasteiger partial charge in [-0.2, -0.15) is 0 Å². The molecule has 0 radical (unpaired) electrons. The average Bonchev–Trinajstić information content (AvgIpc) is 3.00. The second-order valence-corrected chi connectivity index (χ2v) is 6.14. The van der Waals surface area contributed by atoms with Gasteiger partial charge in [-0.05, 0) is 35.8 Å². The number of thiazole rings is 1. The highest BCUT2D eigenvalue weighted by Crippen LogP contribution is 2.31. The Balaban J connectivity index is 1.58. The Morgan fingerprint density at radius 1 is 1.10 bits per heavy atom. The third kappa shape index (κ3) is 2.43. The Morgan fingerprint density at radius 2 is 2.05 bits per heavy atom. The number of hydrogen-bond acceptors (Lipinski definition) is 4. The van der Waals surface area contributed by atoms with Gasteiger partial charge in [-0.25, -0.2) is 4.98 Å². The first-order valence-corrected chi connectivity index (χ1v) is 7.92. The molecular formula is C17H15N3S. The molecule has 1 aliphatic heterocycles. The van der Waals surface area contributed by atoms with Crippen molar-refractivity contribution in [2.75, 3.05) is 18.0 Å². The number of aromatic nitrogens is 2. The molecule has 0 N–H and O–H groups in total. The van der Waals surface area contributed by atoms with Gasteiger partial charge in [0.05, 0.1) is 10.2 Å². The Hall–Kier alpha value is -2.20. The number of anilines is 1. The lowest BCUT2D eigenvalue weighted by Gasteiger charge is -2.25. The monoisotopic (exact) mass is 293 g/mol. The fourth-order valence-corrected chi connectivity index (χ4v) is 3.65. The third-order valence-electron chi connectivity index (χ3n) is 3.79. The van der Waals surface area contributed by atoms with E-state index in [1.807, 2.05) is 24.5 Å². The third-order valence-corrected chi connectivity index (χ3v) is 4.89. The standard InChI is InChI=1S/C17H15N3S/c1-2-6-16-15(5-1)19-17(21-16)20-10-7-13(8-11-20)14-4-3-9-18-12-14/h1-7,9,12H,8,10-11H2. The van der Waals surface area contributed by atoms with Gasteiger partial charge < -0.3 is 4.90 Å². The maximum atomic E-state index is 4.74. The van der Waals surface area contributed by atoms with E-state index in [1.54, 1.807) is 11.3 Å². The molecule has 0 aliphatic carbocycles. The Kier molecular flexibility index (Phi) is 3.16. The Labute approximate surface area is 127 Å². The summed E-state index contributed by atoms with van der Waals surface area (Å²) in [6.45, 7) is 1.94. The van der Waals surface area contributed by atoms with Gasteiger partial charge in [0.1, 0.15) is 0 Å². The van der Waals surface area contributed by atoms with Gasteiger partial charge in [-0.3, -0.25) is 4.98 Å². The van der Waals surface area contributed by atoms with E-state index in [0.29, 0.717) is 0 Å². The van der Waals surface area contributed by atoms with Crippen molar-refractivity contribution in [1.29, 1.82) is 0 Å². The lowest BCUT2D eigenvalue weighted by Crippen LogP contribution is -2.28. The average molecular weight is 293 g/mol. The van der Waals surface area contributed by atoms with E-state index in [2.05, 4.69) is 40.2 Å². The van der Waals surface area contributed by atoms with Crippen molar-refractivity contribution >= 4 is 32.3 Å². The number of hydrogen-bond donors (Lipinski definition) is 0. The number of pyridine rings is 1. The van der Waals surface area contributed by atoms with Gasteiger partial charge in [0.15, 0.2) is 5.13 Å². The molecule has 1 aliphatic rings. The van der Waals surface area contributed by atoms with E-state index in [-0.39, 0.29) is 0 Å². The summed E-state index contributed by atoms with van der Waals surface area (Å²) in [5.74, 6) is 0. The highest BCUT2D eigenvalue weighted by Gasteiger charge is 2.16. The predicted molar refractivity (Wildman–Crippen MR) is 88.7 cm³/mol. The molecule has 0 spiro atoms. The Morgan fingerprint density at radius 3 is 2.81 bits per heavy atom. The minimum absolute atomic E-state index is 0.921. The first-order valence-electron chi connectivity index (χ1n) is 7.10.